The first-order valence-corrected chi connectivity index (χ1v) is 20.8. The molecule has 0 aliphatic carbocycles. The maximum absolute atomic E-state index is 14.3. The van der Waals surface area contributed by atoms with Gasteiger partial charge in [0.05, 0.1) is 24.0 Å². The molecule has 11 nitrogen and oxygen atoms in total. The van der Waals surface area contributed by atoms with E-state index >= 15 is 0 Å². The summed E-state index contributed by atoms with van der Waals surface area (Å²) in [4.78, 5) is 44.9. The summed E-state index contributed by atoms with van der Waals surface area (Å²) < 4.78 is 58.2. The molecule has 3 amide bonds. The summed E-state index contributed by atoms with van der Waals surface area (Å²) >= 11 is 1.52. The molecule has 1 heterocycles. The summed E-state index contributed by atoms with van der Waals surface area (Å²) in [6.07, 6.45) is 4.02. The monoisotopic (exact) mass is 776 g/mol. The summed E-state index contributed by atoms with van der Waals surface area (Å²) in [6, 6.07) is 12.6. The lowest BCUT2D eigenvalue weighted by Crippen LogP contribution is -2.59. The number of pyridine rings is 1. The Hall–Kier alpha value is -3.92. The summed E-state index contributed by atoms with van der Waals surface area (Å²) in [5, 5.41) is 20.2. The van der Waals surface area contributed by atoms with Crippen molar-refractivity contribution in [3.8, 4) is 0 Å². The van der Waals surface area contributed by atoms with E-state index in [2.05, 4.69) is 34.8 Å². The second-order valence-corrected chi connectivity index (χ2v) is 16.4. The van der Waals surface area contributed by atoms with Crippen LogP contribution in [0.5, 0.6) is 0 Å². The number of carbonyl (C=O) groups excluding carboxylic acids is 3. The lowest BCUT2D eigenvalue weighted by molar-refractivity contribution is -0.143. The van der Waals surface area contributed by atoms with E-state index in [0.29, 0.717) is 12.5 Å². The second kappa shape index (κ2) is 22.3. The Bertz CT molecular complexity index is 1680. The second-order valence-electron chi connectivity index (χ2n) is 12.8. The molecule has 290 valence electrons. The normalized spacial score (nSPS) is 13.9. The standard InChI is InChI=1S/C38H50F2N4O7S2/c1-4-10-31(11-5-2)52-25-33(44-36(46)28-14-9-16-41-24-28)37(47)43-32(22-27-20-29(39)23-30(40)21-27)34(45)35(51-18-19-53(3,49)50)38(48)42-17-15-26-12-7-6-8-13-26/h6-9,12-14,16,20-21,23-24,31-35,45H,4-5,10-11,15,17-19,22,25H2,1-3H3,(H,42,48)(H,43,47)(H,44,46)/t32-,33?,34+,35+/m0/s1. The average molecular weight is 777 g/mol. The van der Waals surface area contributed by atoms with Gasteiger partial charge in [-0.15, -0.1) is 0 Å². The fourth-order valence-corrected chi connectivity index (χ4v) is 7.48. The predicted molar refractivity (Wildman–Crippen MR) is 202 cm³/mol. The summed E-state index contributed by atoms with van der Waals surface area (Å²) in [7, 11) is -3.53. The van der Waals surface area contributed by atoms with Crippen LogP contribution in [-0.4, -0.2) is 96.7 Å². The molecule has 15 heteroatoms. The molecule has 0 saturated carbocycles. The Morgan fingerprint density at radius 3 is 2.21 bits per heavy atom. The van der Waals surface area contributed by atoms with E-state index in [0.717, 1.165) is 49.6 Å². The molecule has 0 radical (unpaired) electrons. The molecule has 2 aromatic carbocycles. The van der Waals surface area contributed by atoms with Crippen LogP contribution < -0.4 is 16.0 Å². The maximum atomic E-state index is 14.3. The number of halogens is 2. The zero-order valence-corrected chi connectivity index (χ0v) is 31.9. The van der Waals surface area contributed by atoms with Crippen molar-refractivity contribution in [1.29, 1.82) is 0 Å². The van der Waals surface area contributed by atoms with Gasteiger partial charge in [0, 0.05) is 42.3 Å². The van der Waals surface area contributed by atoms with Gasteiger partial charge in [-0.3, -0.25) is 19.4 Å². The van der Waals surface area contributed by atoms with E-state index in [1.807, 2.05) is 30.3 Å². The number of carbonyl (C=O) groups is 3. The van der Waals surface area contributed by atoms with Crippen LogP contribution in [0.3, 0.4) is 0 Å². The smallest absolute Gasteiger partial charge is 0.253 e. The number of amides is 3. The van der Waals surface area contributed by atoms with Crippen LogP contribution in [0.2, 0.25) is 0 Å². The molecular formula is C38H50F2N4O7S2. The third-order valence-electron chi connectivity index (χ3n) is 8.26. The van der Waals surface area contributed by atoms with E-state index in [-0.39, 0.29) is 35.1 Å². The Morgan fingerprint density at radius 2 is 1.60 bits per heavy atom. The lowest BCUT2D eigenvalue weighted by atomic mass is 9.96. The molecule has 3 rings (SSSR count). The van der Waals surface area contributed by atoms with Gasteiger partial charge < -0.3 is 25.8 Å². The van der Waals surface area contributed by atoms with Gasteiger partial charge in [-0.05, 0) is 61.1 Å². The largest absolute Gasteiger partial charge is 0.388 e. The first-order chi connectivity index (χ1) is 25.3. The van der Waals surface area contributed by atoms with Crippen molar-refractivity contribution in [2.45, 2.75) is 81.9 Å². The minimum atomic E-state index is -3.53. The van der Waals surface area contributed by atoms with Crippen molar-refractivity contribution in [3.63, 3.8) is 0 Å². The molecule has 0 aliphatic rings. The van der Waals surface area contributed by atoms with Gasteiger partial charge in [-0.1, -0.05) is 57.0 Å². The number of benzene rings is 2. The predicted octanol–water partition coefficient (Wildman–Crippen LogP) is 4.04. The molecule has 1 aromatic heterocycles. The van der Waals surface area contributed by atoms with Crippen molar-refractivity contribution in [1.82, 2.24) is 20.9 Å². The highest BCUT2D eigenvalue weighted by atomic mass is 32.2. The molecule has 0 aliphatic heterocycles. The molecule has 3 aromatic rings. The quantitative estimate of drug-likeness (QED) is 0.111. The number of rotatable bonds is 23. The third kappa shape index (κ3) is 15.9. The van der Waals surface area contributed by atoms with Gasteiger partial charge in [0.25, 0.3) is 11.8 Å². The summed E-state index contributed by atoms with van der Waals surface area (Å²) in [5.74, 6) is -4.16. The van der Waals surface area contributed by atoms with Gasteiger partial charge in [-0.25, -0.2) is 17.2 Å². The minimum absolute atomic E-state index is 0.0579. The maximum Gasteiger partial charge on any atom is 0.253 e. The third-order valence-corrected chi connectivity index (χ3v) is 10.6. The summed E-state index contributed by atoms with van der Waals surface area (Å²) in [5.41, 5.74) is 1.20. The molecule has 4 atom stereocenters. The molecule has 0 bridgehead atoms. The van der Waals surface area contributed by atoms with Gasteiger partial charge in [-0.2, -0.15) is 11.8 Å². The SMILES string of the molecule is CCCC(CCC)SCC(NC(=O)c1cccnc1)C(=O)N[C@@H](Cc1cc(F)cc(F)c1)[C@@H](O)[C@@H](OCCS(C)(=O)=O)C(=O)NCCc1ccccc1. The molecule has 53 heavy (non-hydrogen) atoms. The van der Waals surface area contributed by atoms with Crippen molar-refractivity contribution < 1.29 is 41.4 Å². The van der Waals surface area contributed by atoms with Crippen LogP contribution in [0, 0.1) is 11.6 Å². The number of aliphatic hydroxyl groups is 1. The molecular weight excluding hydrogens is 727 g/mol. The highest BCUT2D eigenvalue weighted by Crippen LogP contribution is 2.23. The highest BCUT2D eigenvalue weighted by Gasteiger charge is 2.37. The van der Waals surface area contributed by atoms with Crippen LogP contribution >= 0.6 is 11.8 Å². The van der Waals surface area contributed by atoms with E-state index < -0.39 is 75.8 Å². The van der Waals surface area contributed by atoms with Gasteiger partial charge in [0.1, 0.15) is 33.6 Å². The Kier molecular flexibility index (Phi) is 18.3. The first-order valence-electron chi connectivity index (χ1n) is 17.7. The van der Waals surface area contributed by atoms with Gasteiger partial charge >= 0.3 is 0 Å². The number of ether oxygens (including phenoxy) is 1. The fraction of sp³-hybridized carbons (Fsp3) is 0.474. The molecule has 0 fully saturated rings. The minimum Gasteiger partial charge on any atom is -0.388 e. The zero-order chi connectivity index (χ0) is 38.8. The Balaban J connectivity index is 1.94. The first kappa shape index (κ1) is 43.5. The van der Waals surface area contributed by atoms with E-state index in [9.17, 15) is 36.7 Å². The van der Waals surface area contributed by atoms with Crippen LogP contribution in [-0.2, 0) is 37.0 Å². The van der Waals surface area contributed by atoms with E-state index in [1.54, 1.807) is 12.1 Å². The number of aromatic nitrogens is 1. The van der Waals surface area contributed by atoms with Gasteiger partial charge in [0.15, 0.2) is 6.10 Å². The van der Waals surface area contributed by atoms with Crippen LogP contribution in [0.15, 0.2) is 73.1 Å². The highest BCUT2D eigenvalue weighted by molar-refractivity contribution is 8.00. The number of thioether (sulfide) groups is 1. The van der Waals surface area contributed by atoms with Crippen molar-refractivity contribution in [3.05, 3.63) is 101 Å². The number of aliphatic hydroxyl groups excluding tert-OH is 1. The van der Waals surface area contributed by atoms with Crippen LogP contribution in [0.4, 0.5) is 8.78 Å². The van der Waals surface area contributed by atoms with Crippen molar-refractivity contribution in [2.24, 2.45) is 0 Å². The van der Waals surface area contributed by atoms with Gasteiger partial charge in [0.2, 0.25) is 5.91 Å². The molecule has 0 spiro atoms. The zero-order valence-electron chi connectivity index (χ0n) is 30.3. The van der Waals surface area contributed by atoms with Crippen LogP contribution in [0.1, 0.15) is 61.0 Å². The number of sulfone groups is 1. The number of nitrogens with one attached hydrogen (secondary N) is 3. The topological polar surface area (TPSA) is 164 Å². The Morgan fingerprint density at radius 1 is 0.925 bits per heavy atom. The average Bonchev–Trinajstić information content (AvgIpc) is 3.11. The Labute approximate surface area is 315 Å². The van der Waals surface area contributed by atoms with E-state index in [1.165, 1.54) is 24.2 Å². The van der Waals surface area contributed by atoms with Crippen molar-refractivity contribution >= 4 is 39.3 Å². The summed E-state index contributed by atoms with van der Waals surface area (Å²) in [6.45, 7) is 3.80. The van der Waals surface area contributed by atoms with Crippen molar-refractivity contribution in [2.75, 3.05) is 30.9 Å². The molecule has 1 unspecified atom stereocenters. The van der Waals surface area contributed by atoms with E-state index in [4.69, 9.17) is 4.74 Å². The number of nitrogens with zero attached hydrogens (tertiary/aromatic N) is 1. The fourth-order valence-electron chi connectivity index (χ4n) is 5.57. The molecule has 4 N–H and O–H groups in total. The number of hydrogen-bond acceptors (Lipinski definition) is 9. The number of hydrogen-bond donors (Lipinski definition) is 4. The molecule has 0 saturated heterocycles. The lowest BCUT2D eigenvalue weighted by Gasteiger charge is -2.31. The van der Waals surface area contributed by atoms with Crippen LogP contribution in [0.25, 0.3) is 0 Å².